The third-order valence-corrected chi connectivity index (χ3v) is 8.42. The molecule has 1 amide bonds. The van der Waals surface area contributed by atoms with Crippen molar-refractivity contribution in [1.82, 2.24) is 5.32 Å². The minimum atomic E-state index is -0.630. The van der Waals surface area contributed by atoms with Crippen LogP contribution in [0.25, 0.3) is 0 Å². The minimum Gasteiger partial charge on any atom is -0.466 e. The van der Waals surface area contributed by atoms with Gasteiger partial charge in [0, 0.05) is 18.6 Å². The van der Waals surface area contributed by atoms with E-state index >= 15 is 0 Å². The molecule has 0 aromatic rings. The number of rotatable bonds is 38. The molecule has 0 spiro atoms. The highest BCUT2D eigenvalue weighted by Crippen LogP contribution is 2.18. The average molecular weight is 728 g/mol. The average Bonchev–Trinajstić information content (AvgIpc) is 3.06. The fraction of sp³-hybridized carbons (Fsp3) is 0.943. The molecule has 0 saturated carbocycles. The van der Waals surface area contributed by atoms with E-state index in [-0.39, 0.29) is 34.8 Å². The van der Waals surface area contributed by atoms with Gasteiger partial charge in [-0.1, -0.05) is 96.8 Å². The number of ether oxygens (including phenoxy) is 5. The maximum Gasteiger partial charge on any atom is 0.407 e. The molecule has 11 nitrogen and oxygen atoms in total. The third-order valence-electron chi connectivity index (χ3n) is 7.26. The number of nitrogens with one attached hydrogen (secondary N) is 1. The van der Waals surface area contributed by atoms with E-state index < -0.39 is 11.6 Å². The Kier molecular flexibility index (Phi) is 37.0. The Balaban J connectivity index is 3.44. The minimum absolute atomic E-state index is 0.130. The summed E-state index contributed by atoms with van der Waals surface area (Å²) in [5.41, 5.74) is -0.630. The van der Waals surface area contributed by atoms with Crippen molar-refractivity contribution in [1.29, 1.82) is 0 Å². The summed E-state index contributed by atoms with van der Waals surface area (Å²) >= 11 is 1.36. The van der Waals surface area contributed by atoms with Crippen molar-refractivity contribution in [3.63, 3.8) is 0 Å². The second-order valence-electron chi connectivity index (χ2n) is 12.5. The summed E-state index contributed by atoms with van der Waals surface area (Å²) in [6, 6.07) is 0. The lowest BCUT2D eigenvalue weighted by Crippen LogP contribution is -2.47. The van der Waals surface area contributed by atoms with Crippen LogP contribution >= 0.6 is 21.1 Å². The lowest BCUT2D eigenvalue weighted by atomic mass is 10.0. The number of carbonyl (C=O) groups is 2. The smallest absolute Gasteiger partial charge is 0.407 e. The van der Waals surface area contributed by atoms with E-state index in [9.17, 15) is 9.59 Å². The fourth-order valence-electron chi connectivity index (χ4n) is 4.58. The summed E-state index contributed by atoms with van der Waals surface area (Å²) in [4.78, 5) is 24.0. The van der Waals surface area contributed by atoms with E-state index in [0.717, 1.165) is 18.6 Å². The van der Waals surface area contributed by atoms with E-state index in [0.29, 0.717) is 59.1 Å². The zero-order chi connectivity index (χ0) is 35.2. The number of hydrogen-bond acceptors (Lipinski definition) is 11. The number of carbonyl (C=O) groups excluding carboxylic acids is 2. The molecule has 0 heterocycles. The summed E-state index contributed by atoms with van der Waals surface area (Å²) in [5.74, 6) is 0.654. The summed E-state index contributed by atoms with van der Waals surface area (Å²) in [5, 5.41) is 2.77. The van der Waals surface area contributed by atoms with E-state index in [4.69, 9.17) is 36.9 Å². The van der Waals surface area contributed by atoms with Gasteiger partial charge in [0.25, 0.3) is 0 Å². The quantitative estimate of drug-likeness (QED) is 0.0285. The molecule has 1 atom stereocenters. The first-order valence-electron chi connectivity index (χ1n) is 18.4. The van der Waals surface area contributed by atoms with Gasteiger partial charge >= 0.3 is 12.1 Å². The van der Waals surface area contributed by atoms with Crippen LogP contribution in [0, 0.1) is 0 Å². The maximum absolute atomic E-state index is 12.1. The van der Waals surface area contributed by atoms with Crippen molar-refractivity contribution >= 4 is 33.1 Å². The molecule has 0 bridgehead atoms. The van der Waals surface area contributed by atoms with Gasteiger partial charge in [0.2, 0.25) is 0 Å². The highest BCUT2D eigenvalue weighted by Gasteiger charge is 2.21. The van der Waals surface area contributed by atoms with E-state index in [2.05, 4.69) is 12.2 Å². The van der Waals surface area contributed by atoms with Crippen LogP contribution in [0.5, 0.6) is 0 Å². The van der Waals surface area contributed by atoms with Gasteiger partial charge in [-0.25, -0.2) is 4.79 Å². The van der Waals surface area contributed by atoms with Gasteiger partial charge in [0.1, 0.15) is 6.61 Å². The van der Waals surface area contributed by atoms with Crippen molar-refractivity contribution in [2.75, 3.05) is 78.9 Å². The predicted octanol–water partition coefficient (Wildman–Crippen LogP) is 8.57. The van der Waals surface area contributed by atoms with E-state index in [1.807, 2.05) is 13.8 Å². The van der Waals surface area contributed by atoms with Gasteiger partial charge in [-0.2, -0.15) is 0 Å². The van der Waals surface area contributed by atoms with Crippen molar-refractivity contribution in [3.05, 3.63) is 0 Å². The Morgan fingerprint density at radius 3 is 1.69 bits per heavy atom. The normalized spacial score (nSPS) is 11.8. The molecular formula is C35H70NO10PS. The monoisotopic (exact) mass is 727 g/mol. The number of alkyl carbamates (subject to hydrolysis) is 1. The molecule has 0 aromatic carbocycles. The Morgan fingerprint density at radius 1 is 0.604 bits per heavy atom. The van der Waals surface area contributed by atoms with Gasteiger partial charge in [-0.15, -0.1) is 0 Å². The van der Waals surface area contributed by atoms with Gasteiger partial charge in [0.15, 0.2) is 9.03 Å². The molecule has 0 aliphatic rings. The maximum atomic E-state index is 12.1. The Morgan fingerprint density at radius 2 is 1.12 bits per heavy atom. The highest BCUT2D eigenvalue weighted by molar-refractivity contribution is 7.94. The number of unbranched alkanes of at least 4 members (excludes halogenated alkanes) is 14. The lowest BCUT2D eigenvalue weighted by Gasteiger charge is -2.25. The zero-order valence-electron chi connectivity index (χ0n) is 30.8. The number of hydrogen-bond donors (Lipinski definition) is 1. The highest BCUT2D eigenvalue weighted by atomic mass is 32.2. The first kappa shape index (κ1) is 47.3. The molecule has 1 unspecified atom stereocenters. The number of esters is 1. The zero-order valence-corrected chi connectivity index (χ0v) is 32.6. The summed E-state index contributed by atoms with van der Waals surface area (Å²) in [6.07, 6.45) is 20.2. The molecule has 0 rings (SSSR count). The van der Waals surface area contributed by atoms with Gasteiger partial charge < -0.3 is 42.2 Å². The molecule has 0 fully saturated rings. The van der Waals surface area contributed by atoms with Crippen LogP contribution in [0.3, 0.4) is 0 Å². The third kappa shape index (κ3) is 38.1. The second kappa shape index (κ2) is 37.5. The van der Waals surface area contributed by atoms with Crippen molar-refractivity contribution in [3.8, 4) is 0 Å². The molecule has 48 heavy (non-hydrogen) atoms. The van der Waals surface area contributed by atoms with E-state index in [1.165, 1.54) is 95.5 Å². The molecular weight excluding hydrogens is 657 g/mol. The standard InChI is InChI=1S/C35H70NO10PS/c1-5-6-7-8-9-10-11-12-13-14-15-16-17-18-19-21-33(37)43-22-20-23-45-47-46-32-35(2,3)36-34(38)44-29-28-41-25-24-40-26-27-42-30-31-48-39-4/h47H,5-32H2,1-4H3,(H,36,38). The van der Waals surface area contributed by atoms with Crippen LogP contribution in [0.15, 0.2) is 0 Å². The van der Waals surface area contributed by atoms with Crippen LogP contribution in [-0.4, -0.2) is 96.5 Å². The Hall–Kier alpha value is -0.720. The van der Waals surface area contributed by atoms with E-state index in [1.54, 1.807) is 7.11 Å². The van der Waals surface area contributed by atoms with Crippen molar-refractivity contribution in [2.24, 2.45) is 0 Å². The molecule has 0 aromatic heterocycles. The Bertz CT molecular complexity index is 708. The molecule has 0 saturated heterocycles. The second-order valence-corrected chi connectivity index (χ2v) is 14.2. The number of amides is 1. The molecule has 0 aliphatic heterocycles. The molecule has 1 N–H and O–H groups in total. The summed E-state index contributed by atoms with van der Waals surface area (Å²) in [6.45, 7) is 9.91. The topological polar surface area (TPSA) is 120 Å². The summed E-state index contributed by atoms with van der Waals surface area (Å²) < 4.78 is 42.6. The van der Waals surface area contributed by atoms with Crippen LogP contribution in [0.1, 0.15) is 130 Å². The fourth-order valence-corrected chi connectivity index (χ4v) is 5.67. The van der Waals surface area contributed by atoms with Gasteiger partial charge in [-0.05, 0) is 32.3 Å². The summed E-state index contributed by atoms with van der Waals surface area (Å²) in [7, 11) is 1.46. The van der Waals surface area contributed by atoms with Crippen LogP contribution in [0.2, 0.25) is 0 Å². The predicted molar refractivity (Wildman–Crippen MR) is 196 cm³/mol. The lowest BCUT2D eigenvalue weighted by molar-refractivity contribution is -0.144. The molecule has 0 radical (unpaired) electrons. The van der Waals surface area contributed by atoms with Gasteiger partial charge in [0.05, 0.1) is 72.1 Å². The first-order chi connectivity index (χ1) is 23.4. The first-order valence-corrected chi connectivity index (χ1v) is 20.1. The SMILES string of the molecule is CCCCCCCCCCCCCCCCCC(=O)OCCCOPOCC(C)(C)NC(=O)OCCOCCOCCOCCSOC. The van der Waals surface area contributed by atoms with Gasteiger partial charge in [-0.3, -0.25) is 4.79 Å². The molecule has 286 valence electrons. The van der Waals surface area contributed by atoms with Crippen molar-refractivity contribution in [2.45, 2.75) is 135 Å². The van der Waals surface area contributed by atoms with Crippen LogP contribution < -0.4 is 5.32 Å². The molecule has 0 aliphatic carbocycles. The molecule has 13 heteroatoms. The van der Waals surface area contributed by atoms with Crippen LogP contribution in [-0.2, 0) is 41.7 Å². The van der Waals surface area contributed by atoms with Crippen molar-refractivity contribution < 1.29 is 46.5 Å². The Labute approximate surface area is 298 Å². The largest absolute Gasteiger partial charge is 0.466 e. The van der Waals surface area contributed by atoms with Crippen LogP contribution in [0.4, 0.5) is 4.79 Å².